The Morgan fingerprint density at radius 2 is 1.90 bits per heavy atom. The minimum Gasteiger partial charge on any atom is -0.372 e. The van der Waals surface area contributed by atoms with E-state index >= 15 is 0 Å². The second-order valence-electron chi connectivity index (χ2n) is 5.90. The quantitative estimate of drug-likeness (QED) is 0.911. The van der Waals surface area contributed by atoms with Gasteiger partial charge in [0.05, 0.1) is 6.04 Å². The lowest BCUT2D eigenvalue weighted by Crippen LogP contribution is -2.32. The molecule has 1 fully saturated rings. The zero-order chi connectivity index (χ0) is 14.5. The van der Waals surface area contributed by atoms with Crippen molar-refractivity contribution in [1.29, 1.82) is 0 Å². The number of carbonyl (C=O) groups excluding carboxylic acids is 1. The minimum absolute atomic E-state index is 0.0814. The SMILES string of the molecule is CCC(=O)N[C@@H](C)c1ccc(N2CCC(C)CC2)cc1. The van der Waals surface area contributed by atoms with Crippen LogP contribution in [0.2, 0.25) is 0 Å². The number of piperidine rings is 1. The third-order valence-electron chi connectivity index (χ3n) is 4.24. The fourth-order valence-corrected chi connectivity index (χ4v) is 2.67. The van der Waals surface area contributed by atoms with Crippen LogP contribution in [-0.4, -0.2) is 19.0 Å². The number of amides is 1. The summed E-state index contributed by atoms with van der Waals surface area (Å²) in [4.78, 5) is 13.9. The molecule has 1 aromatic rings. The van der Waals surface area contributed by atoms with Gasteiger partial charge in [-0.25, -0.2) is 0 Å². The Morgan fingerprint density at radius 1 is 1.30 bits per heavy atom. The van der Waals surface area contributed by atoms with E-state index in [1.165, 1.54) is 24.1 Å². The fourth-order valence-electron chi connectivity index (χ4n) is 2.67. The summed E-state index contributed by atoms with van der Waals surface area (Å²) in [7, 11) is 0. The van der Waals surface area contributed by atoms with Crippen LogP contribution in [0.1, 0.15) is 51.6 Å². The molecule has 3 nitrogen and oxygen atoms in total. The Balaban J connectivity index is 1.97. The van der Waals surface area contributed by atoms with Crippen molar-refractivity contribution in [3.8, 4) is 0 Å². The molecule has 0 spiro atoms. The summed E-state index contributed by atoms with van der Waals surface area (Å²) in [5.41, 5.74) is 2.47. The normalized spacial score (nSPS) is 17.9. The van der Waals surface area contributed by atoms with E-state index in [0.717, 1.165) is 19.0 Å². The summed E-state index contributed by atoms with van der Waals surface area (Å²) in [6.45, 7) is 8.55. The molecule has 1 amide bonds. The number of nitrogens with one attached hydrogen (secondary N) is 1. The molecule has 110 valence electrons. The molecule has 1 aliphatic rings. The summed E-state index contributed by atoms with van der Waals surface area (Å²) in [6, 6.07) is 8.71. The van der Waals surface area contributed by atoms with Crippen LogP contribution in [0, 0.1) is 5.92 Å². The van der Waals surface area contributed by atoms with E-state index < -0.39 is 0 Å². The van der Waals surface area contributed by atoms with Gasteiger partial charge in [0.25, 0.3) is 0 Å². The van der Waals surface area contributed by atoms with Crippen LogP contribution in [0.15, 0.2) is 24.3 Å². The van der Waals surface area contributed by atoms with Gasteiger partial charge in [-0.15, -0.1) is 0 Å². The van der Waals surface area contributed by atoms with Crippen molar-refractivity contribution in [2.24, 2.45) is 5.92 Å². The lowest BCUT2D eigenvalue weighted by molar-refractivity contribution is -0.121. The molecule has 1 aliphatic heterocycles. The number of rotatable bonds is 4. The van der Waals surface area contributed by atoms with Gasteiger partial charge in [0.2, 0.25) is 5.91 Å². The smallest absolute Gasteiger partial charge is 0.220 e. The predicted molar refractivity (Wildman–Crippen MR) is 83.9 cm³/mol. The van der Waals surface area contributed by atoms with Gasteiger partial charge < -0.3 is 10.2 Å². The highest BCUT2D eigenvalue weighted by atomic mass is 16.1. The Hall–Kier alpha value is -1.51. The molecule has 1 heterocycles. The molecule has 0 bridgehead atoms. The fraction of sp³-hybridized carbons (Fsp3) is 0.588. The largest absolute Gasteiger partial charge is 0.372 e. The van der Waals surface area contributed by atoms with Gasteiger partial charge in [-0.05, 0) is 43.4 Å². The maximum atomic E-state index is 11.4. The van der Waals surface area contributed by atoms with Crippen LogP contribution in [0.5, 0.6) is 0 Å². The van der Waals surface area contributed by atoms with Gasteiger partial charge in [-0.3, -0.25) is 4.79 Å². The summed E-state index contributed by atoms with van der Waals surface area (Å²) in [6.07, 6.45) is 3.10. The Labute approximate surface area is 122 Å². The van der Waals surface area contributed by atoms with E-state index in [0.29, 0.717) is 6.42 Å². The standard InChI is InChI=1S/C17H26N2O/c1-4-17(20)18-14(3)15-5-7-16(8-6-15)19-11-9-13(2)10-12-19/h5-8,13-14H,4,9-12H2,1-3H3,(H,18,20)/t14-/m0/s1. The average Bonchev–Trinajstić information content (AvgIpc) is 2.48. The van der Waals surface area contributed by atoms with Crippen LogP contribution in [0.25, 0.3) is 0 Å². The first-order chi connectivity index (χ1) is 9.60. The molecular formula is C17H26N2O. The molecule has 1 N–H and O–H groups in total. The molecule has 0 unspecified atom stereocenters. The van der Waals surface area contributed by atoms with Gasteiger partial charge in [0.1, 0.15) is 0 Å². The van der Waals surface area contributed by atoms with E-state index in [1.807, 2.05) is 13.8 Å². The maximum Gasteiger partial charge on any atom is 0.220 e. The van der Waals surface area contributed by atoms with Crippen molar-refractivity contribution in [1.82, 2.24) is 5.32 Å². The highest BCUT2D eigenvalue weighted by Crippen LogP contribution is 2.24. The van der Waals surface area contributed by atoms with Gasteiger partial charge >= 0.3 is 0 Å². The molecule has 0 aliphatic carbocycles. The third kappa shape index (κ3) is 3.75. The highest BCUT2D eigenvalue weighted by molar-refractivity contribution is 5.76. The van der Waals surface area contributed by atoms with E-state index in [1.54, 1.807) is 0 Å². The third-order valence-corrected chi connectivity index (χ3v) is 4.24. The number of benzene rings is 1. The van der Waals surface area contributed by atoms with Crippen LogP contribution < -0.4 is 10.2 Å². The van der Waals surface area contributed by atoms with Crippen LogP contribution in [0.4, 0.5) is 5.69 Å². The Kier molecular flexibility index (Phi) is 5.05. The van der Waals surface area contributed by atoms with Crippen LogP contribution >= 0.6 is 0 Å². The Morgan fingerprint density at radius 3 is 2.45 bits per heavy atom. The van der Waals surface area contributed by atoms with Crippen LogP contribution in [0.3, 0.4) is 0 Å². The lowest BCUT2D eigenvalue weighted by atomic mass is 9.98. The van der Waals surface area contributed by atoms with Crippen molar-refractivity contribution in [2.45, 2.75) is 46.1 Å². The molecule has 1 aromatic carbocycles. The van der Waals surface area contributed by atoms with E-state index in [9.17, 15) is 4.79 Å². The van der Waals surface area contributed by atoms with Crippen molar-refractivity contribution < 1.29 is 4.79 Å². The molecule has 0 aromatic heterocycles. The second kappa shape index (κ2) is 6.78. The van der Waals surface area contributed by atoms with E-state index in [-0.39, 0.29) is 11.9 Å². The maximum absolute atomic E-state index is 11.4. The molecule has 3 heteroatoms. The van der Waals surface area contributed by atoms with Gasteiger partial charge in [-0.2, -0.15) is 0 Å². The van der Waals surface area contributed by atoms with Crippen molar-refractivity contribution in [2.75, 3.05) is 18.0 Å². The second-order valence-corrected chi connectivity index (χ2v) is 5.90. The summed E-state index contributed by atoms with van der Waals surface area (Å²) >= 11 is 0. The average molecular weight is 274 g/mol. The summed E-state index contributed by atoms with van der Waals surface area (Å²) in [5, 5.41) is 3.00. The first-order valence-corrected chi connectivity index (χ1v) is 7.74. The number of nitrogens with zero attached hydrogens (tertiary/aromatic N) is 1. The van der Waals surface area contributed by atoms with Gasteiger partial charge in [0.15, 0.2) is 0 Å². The molecular weight excluding hydrogens is 248 g/mol. The molecule has 1 saturated heterocycles. The zero-order valence-corrected chi connectivity index (χ0v) is 12.9. The molecule has 1 atom stereocenters. The topological polar surface area (TPSA) is 32.3 Å². The highest BCUT2D eigenvalue weighted by Gasteiger charge is 2.16. The van der Waals surface area contributed by atoms with Gasteiger partial charge in [-0.1, -0.05) is 26.0 Å². The summed E-state index contributed by atoms with van der Waals surface area (Å²) < 4.78 is 0. The number of carbonyl (C=O) groups is 1. The van der Waals surface area contributed by atoms with E-state index in [4.69, 9.17) is 0 Å². The van der Waals surface area contributed by atoms with E-state index in [2.05, 4.69) is 41.4 Å². The monoisotopic (exact) mass is 274 g/mol. The Bertz CT molecular complexity index is 433. The van der Waals surface area contributed by atoms with Gasteiger partial charge in [0, 0.05) is 25.2 Å². The predicted octanol–water partition coefficient (Wildman–Crippen LogP) is 3.51. The van der Waals surface area contributed by atoms with Crippen molar-refractivity contribution in [3.05, 3.63) is 29.8 Å². The first-order valence-electron chi connectivity index (χ1n) is 7.74. The van der Waals surface area contributed by atoms with Crippen molar-refractivity contribution >= 4 is 11.6 Å². The zero-order valence-electron chi connectivity index (χ0n) is 12.9. The molecule has 0 saturated carbocycles. The summed E-state index contributed by atoms with van der Waals surface area (Å²) in [5.74, 6) is 0.960. The lowest BCUT2D eigenvalue weighted by Gasteiger charge is -2.32. The number of hydrogen-bond donors (Lipinski definition) is 1. The number of hydrogen-bond acceptors (Lipinski definition) is 2. The van der Waals surface area contributed by atoms with Crippen molar-refractivity contribution in [3.63, 3.8) is 0 Å². The molecule has 2 rings (SSSR count). The molecule has 20 heavy (non-hydrogen) atoms. The molecule has 0 radical (unpaired) electrons. The first kappa shape index (κ1) is 14.9. The minimum atomic E-state index is 0.0814. The number of anilines is 1. The van der Waals surface area contributed by atoms with Crippen LogP contribution in [-0.2, 0) is 4.79 Å².